The summed E-state index contributed by atoms with van der Waals surface area (Å²) < 4.78 is 12.2. The van der Waals surface area contributed by atoms with E-state index in [4.69, 9.17) is 21.1 Å². The zero-order valence-electron chi connectivity index (χ0n) is 15.4. The lowest BCUT2D eigenvalue weighted by atomic mass is 10.0. The zero-order chi connectivity index (χ0) is 18.6. The number of benzene rings is 1. The van der Waals surface area contributed by atoms with Gasteiger partial charge in [-0.05, 0) is 55.4 Å². The van der Waals surface area contributed by atoms with Gasteiger partial charge < -0.3 is 20.1 Å². The van der Waals surface area contributed by atoms with Crippen molar-refractivity contribution in [2.24, 2.45) is 10.9 Å². The summed E-state index contributed by atoms with van der Waals surface area (Å²) in [6.07, 6.45) is 4.08. The maximum absolute atomic E-state index is 6.05. The summed E-state index contributed by atoms with van der Waals surface area (Å²) in [5.41, 5.74) is 1.18. The molecule has 1 aromatic carbocycles. The van der Waals surface area contributed by atoms with Crippen LogP contribution in [0.3, 0.4) is 0 Å². The molecule has 0 unspecified atom stereocenters. The highest BCUT2D eigenvalue weighted by molar-refractivity contribution is 9.10. The van der Waals surface area contributed by atoms with E-state index in [9.17, 15) is 0 Å². The van der Waals surface area contributed by atoms with Crippen molar-refractivity contribution in [3.8, 4) is 0 Å². The van der Waals surface area contributed by atoms with Crippen molar-refractivity contribution in [1.82, 2.24) is 10.6 Å². The monoisotopic (exact) mass is 445 g/mol. The van der Waals surface area contributed by atoms with E-state index < -0.39 is 0 Å². The molecule has 1 aliphatic rings. The summed E-state index contributed by atoms with van der Waals surface area (Å²) >= 11 is 9.61. The molecular formula is C19H29BrClN3O2. The molecule has 26 heavy (non-hydrogen) atoms. The second-order valence-corrected chi connectivity index (χ2v) is 7.69. The first-order valence-corrected chi connectivity index (χ1v) is 10.4. The minimum Gasteiger partial charge on any atom is -0.381 e. The van der Waals surface area contributed by atoms with Crippen LogP contribution in [-0.2, 0) is 15.9 Å². The topological polar surface area (TPSA) is 54.9 Å². The normalized spacial score (nSPS) is 15.9. The number of nitrogens with zero attached hydrogens (tertiary/aromatic N) is 1. The molecule has 0 aliphatic carbocycles. The Hall–Kier alpha value is -0.820. The zero-order valence-corrected chi connectivity index (χ0v) is 17.7. The predicted octanol–water partition coefficient (Wildman–Crippen LogP) is 3.64. The van der Waals surface area contributed by atoms with Crippen molar-refractivity contribution in [2.75, 3.05) is 46.6 Å². The van der Waals surface area contributed by atoms with Crippen molar-refractivity contribution in [1.29, 1.82) is 0 Å². The highest BCUT2D eigenvalue weighted by Gasteiger charge is 2.13. The Balaban J connectivity index is 1.54. The minimum atomic E-state index is 0.664. The van der Waals surface area contributed by atoms with Gasteiger partial charge in [0.05, 0.1) is 0 Å². The average molecular weight is 447 g/mol. The highest BCUT2D eigenvalue weighted by atomic mass is 79.9. The third-order valence-electron chi connectivity index (χ3n) is 4.37. The molecule has 2 N–H and O–H groups in total. The van der Waals surface area contributed by atoms with Gasteiger partial charge in [0.1, 0.15) is 0 Å². The Morgan fingerprint density at radius 3 is 2.85 bits per heavy atom. The van der Waals surface area contributed by atoms with Gasteiger partial charge in [-0.3, -0.25) is 4.99 Å². The molecule has 0 atom stereocenters. The first-order chi connectivity index (χ1) is 12.7. The van der Waals surface area contributed by atoms with E-state index in [-0.39, 0.29) is 0 Å². The molecule has 0 bridgehead atoms. The number of aliphatic imine (C=N–C) groups is 1. The summed E-state index contributed by atoms with van der Waals surface area (Å²) in [7, 11) is 1.78. The number of guanidine groups is 1. The highest BCUT2D eigenvalue weighted by Crippen LogP contribution is 2.21. The second-order valence-electron chi connectivity index (χ2n) is 6.40. The van der Waals surface area contributed by atoms with Crippen LogP contribution in [0.2, 0.25) is 5.02 Å². The fourth-order valence-corrected chi connectivity index (χ4v) is 3.45. The largest absolute Gasteiger partial charge is 0.381 e. The Morgan fingerprint density at radius 2 is 2.08 bits per heavy atom. The minimum absolute atomic E-state index is 0.664. The van der Waals surface area contributed by atoms with Gasteiger partial charge in [-0.25, -0.2) is 0 Å². The number of hydrogen-bond acceptors (Lipinski definition) is 3. The van der Waals surface area contributed by atoms with Crippen LogP contribution in [0.25, 0.3) is 0 Å². The maximum atomic E-state index is 6.05. The smallest absolute Gasteiger partial charge is 0.190 e. The van der Waals surface area contributed by atoms with E-state index in [1.807, 2.05) is 18.2 Å². The van der Waals surface area contributed by atoms with Crippen LogP contribution < -0.4 is 10.6 Å². The molecule has 5 nitrogen and oxygen atoms in total. The predicted molar refractivity (Wildman–Crippen MR) is 111 cm³/mol. The van der Waals surface area contributed by atoms with Gasteiger partial charge in [-0.1, -0.05) is 27.5 Å². The van der Waals surface area contributed by atoms with Crippen LogP contribution in [0.5, 0.6) is 0 Å². The van der Waals surface area contributed by atoms with Gasteiger partial charge >= 0.3 is 0 Å². The standard InChI is InChI=1S/C19H29BrClN3O2/c1-22-19(24-9-5-16-13-17(21)3-4-18(16)20)23-8-2-10-26-14-15-6-11-25-12-7-15/h3-4,13,15H,2,5-12,14H2,1H3,(H2,22,23,24). The van der Waals surface area contributed by atoms with E-state index in [0.29, 0.717) is 5.92 Å². The Bertz CT molecular complexity index is 566. The molecule has 7 heteroatoms. The van der Waals surface area contributed by atoms with Crippen molar-refractivity contribution in [3.05, 3.63) is 33.3 Å². The van der Waals surface area contributed by atoms with E-state index in [1.165, 1.54) is 5.56 Å². The average Bonchev–Trinajstić information content (AvgIpc) is 2.66. The summed E-state index contributed by atoms with van der Waals surface area (Å²) in [4.78, 5) is 4.25. The summed E-state index contributed by atoms with van der Waals surface area (Å²) in [5, 5.41) is 7.40. The van der Waals surface area contributed by atoms with Crippen molar-refractivity contribution >= 4 is 33.5 Å². The van der Waals surface area contributed by atoms with Crippen LogP contribution in [0, 0.1) is 5.92 Å². The number of hydrogen-bond donors (Lipinski definition) is 2. The lowest BCUT2D eigenvalue weighted by Crippen LogP contribution is -2.39. The molecular weight excluding hydrogens is 418 g/mol. The van der Waals surface area contributed by atoms with E-state index >= 15 is 0 Å². The van der Waals surface area contributed by atoms with Crippen molar-refractivity contribution < 1.29 is 9.47 Å². The van der Waals surface area contributed by atoms with E-state index in [0.717, 1.165) is 80.7 Å². The van der Waals surface area contributed by atoms with Gasteiger partial charge in [0, 0.05) is 56.1 Å². The van der Waals surface area contributed by atoms with Crippen LogP contribution >= 0.6 is 27.5 Å². The fourth-order valence-electron chi connectivity index (χ4n) is 2.82. The Labute approximate surface area is 170 Å². The third kappa shape index (κ3) is 8.25. The van der Waals surface area contributed by atoms with Crippen molar-refractivity contribution in [2.45, 2.75) is 25.7 Å². The molecule has 0 aromatic heterocycles. The van der Waals surface area contributed by atoms with Crippen LogP contribution in [0.15, 0.2) is 27.7 Å². The maximum Gasteiger partial charge on any atom is 0.190 e. The van der Waals surface area contributed by atoms with Gasteiger partial charge in [0.25, 0.3) is 0 Å². The molecule has 0 spiro atoms. The first kappa shape index (κ1) is 21.5. The molecule has 146 valence electrons. The summed E-state index contributed by atoms with van der Waals surface area (Å²) in [6, 6.07) is 5.84. The lowest BCUT2D eigenvalue weighted by molar-refractivity contribution is 0.0203. The lowest BCUT2D eigenvalue weighted by Gasteiger charge is -2.21. The molecule has 1 saturated heterocycles. The fraction of sp³-hybridized carbons (Fsp3) is 0.632. The SMILES string of the molecule is CN=C(NCCCOCC1CCOCC1)NCCc1cc(Cl)ccc1Br. The quantitative estimate of drug-likeness (QED) is 0.345. The van der Waals surface area contributed by atoms with Crippen LogP contribution in [0.1, 0.15) is 24.8 Å². The molecule has 0 amide bonds. The van der Waals surface area contributed by atoms with E-state index in [1.54, 1.807) is 7.05 Å². The molecule has 1 aliphatic heterocycles. The number of ether oxygens (including phenoxy) is 2. The molecule has 1 aromatic rings. The number of rotatable bonds is 9. The van der Waals surface area contributed by atoms with Crippen LogP contribution in [-0.4, -0.2) is 52.5 Å². The number of halogens is 2. The summed E-state index contributed by atoms with van der Waals surface area (Å²) in [6.45, 7) is 5.02. The van der Waals surface area contributed by atoms with Gasteiger partial charge in [-0.15, -0.1) is 0 Å². The second kappa shape index (κ2) is 12.5. The molecule has 1 heterocycles. The molecule has 1 fully saturated rings. The third-order valence-corrected chi connectivity index (χ3v) is 5.38. The Morgan fingerprint density at radius 1 is 1.31 bits per heavy atom. The van der Waals surface area contributed by atoms with Gasteiger partial charge in [-0.2, -0.15) is 0 Å². The molecule has 0 radical (unpaired) electrons. The van der Waals surface area contributed by atoms with Crippen molar-refractivity contribution in [3.63, 3.8) is 0 Å². The van der Waals surface area contributed by atoms with Crippen LogP contribution in [0.4, 0.5) is 0 Å². The summed E-state index contributed by atoms with van der Waals surface area (Å²) in [5.74, 6) is 1.48. The van der Waals surface area contributed by atoms with E-state index in [2.05, 4.69) is 31.6 Å². The Kier molecular flexibility index (Phi) is 10.4. The van der Waals surface area contributed by atoms with Gasteiger partial charge in [0.2, 0.25) is 0 Å². The van der Waals surface area contributed by atoms with Gasteiger partial charge in [0.15, 0.2) is 5.96 Å². The number of nitrogens with one attached hydrogen (secondary N) is 2. The first-order valence-electron chi connectivity index (χ1n) is 9.23. The molecule has 2 rings (SSSR count). The molecule has 0 saturated carbocycles.